The number of thiazole rings is 1. The van der Waals surface area contributed by atoms with E-state index in [1.807, 2.05) is 23.4 Å². The Balaban J connectivity index is 0.00000169. The summed E-state index contributed by atoms with van der Waals surface area (Å²) >= 11 is 13.7. The Kier molecular flexibility index (Phi) is 9.65. The summed E-state index contributed by atoms with van der Waals surface area (Å²) in [6, 6.07) is 5.66. The van der Waals surface area contributed by atoms with Gasteiger partial charge in [0, 0.05) is 35.1 Å². The first-order valence-corrected chi connectivity index (χ1v) is 9.56. The van der Waals surface area contributed by atoms with Crippen LogP contribution < -0.4 is 5.32 Å². The monoisotopic (exact) mass is 455 g/mol. The van der Waals surface area contributed by atoms with Crippen molar-refractivity contribution in [2.75, 3.05) is 20.1 Å². The highest BCUT2D eigenvalue weighted by Gasteiger charge is 2.28. The Labute approximate surface area is 180 Å². The van der Waals surface area contributed by atoms with Gasteiger partial charge in [0.15, 0.2) is 0 Å². The molecule has 1 aromatic heterocycles. The van der Waals surface area contributed by atoms with E-state index in [1.54, 1.807) is 12.1 Å². The molecule has 3 rings (SSSR count). The van der Waals surface area contributed by atoms with E-state index in [2.05, 4.69) is 10.3 Å². The van der Waals surface area contributed by atoms with E-state index in [0.717, 1.165) is 42.2 Å². The van der Waals surface area contributed by atoms with Gasteiger partial charge in [-0.3, -0.25) is 4.79 Å². The minimum atomic E-state index is 0. The minimum absolute atomic E-state index is 0. The zero-order chi connectivity index (χ0) is 17.1. The fraction of sp³-hybridized carbons (Fsp3) is 0.412. The van der Waals surface area contributed by atoms with Gasteiger partial charge >= 0.3 is 0 Å². The molecule has 1 aliphatic heterocycles. The molecule has 144 valence electrons. The van der Waals surface area contributed by atoms with Gasteiger partial charge in [0.05, 0.1) is 17.1 Å². The van der Waals surface area contributed by atoms with Crippen molar-refractivity contribution in [2.45, 2.75) is 25.3 Å². The van der Waals surface area contributed by atoms with E-state index < -0.39 is 0 Å². The highest BCUT2D eigenvalue weighted by Crippen LogP contribution is 2.32. The van der Waals surface area contributed by atoms with Crippen molar-refractivity contribution in [1.29, 1.82) is 0 Å². The SMILES string of the molecule is CNCC1CCCN1C(=O)Cc1csc(-c2ccc(Cl)cc2Cl)n1.Cl.Cl. The number of carbonyl (C=O) groups excluding carboxylic acids is 1. The maximum absolute atomic E-state index is 12.6. The average Bonchev–Trinajstić information content (AvgIpc) is 3.17. The molecule has 0 aliphatic carbocycles. The van der Waals surface area contributed by atoms with Crippen LogP contribution in [0.1, 0.15) is 18.5 Å². The molecule has 1 aliphatic rings. The van der Waals surface area contributed by atoms with Gasteiger partial charge in [-0.15, -0.1) is 36.2 Å². The molecule has 1 amide bonds. The Morgan fingerprint density at radius 1 is 1.38 bits per heavy atom. The number of halogens is 4. The molecule has 0 saturated carbocycles. The van der Waals surface area contributed by atoms with Crippen LogP contribution in [0.2, 0.25) is 10.0 Å². The first-order valence-electron chi connectivity index (χ1n) is 7.92. The first-order chi connectivity index (χ1) is 11.6. The lowest BCUT2D eigenvalue weighted by Crippen LogP contribution is -2.41. The zero-order valence-electron chi connectivity index (χ0n) is 14.2. The summed E-state index contributed by atoms with van der Waals surface area (Å²) in [4.78, 5) is 19.1. The fourth-order valence-electron chi connectivity index (χ4n) is 3.04. The molecule has 0 radical (unpaired) electrons. The Hall–Kier alpha value is -0.560. The lowest BCUT2D eigenvalue weighted by molar-refractivity contribution is -0.131. The third-order valence-corrected chi connectivity index (χ3v) is 5.66. The van der Waals surface area contributed by atoms with Crippen molar-refractivity contribution >= 4 is 65.3 Å². The zero-order valence-corrected chi connectivity index (χ0v) is 18.2. The number of carbonyl (C=O) groups is 1. The predicted molar refractivity (Wildman–Crippen MR) is 114 cm³/mol. The summed E-state index contributed by atoms with van der Waals surface area (Å²) in [5.74, 6) is 0.145. The van der Waals surface area contributed by atoms with Gasteiger partial charge in [0.25, 0.3) is 0 Å². The molecule has 1 saturated heterocycles. The number of benzene rings is 1. The molecule has 1 atom stereocenters. The average molecular weight is 457 g/mol. The van der Waals surface area contributed by atoms with Crippen LogP contribution in [-0.2, 0) is 11.2 Å². The Morgan fingerprint density at radius 3 is 2.85 bits per heavy atom. The van der Waals surface area contributed by atoms with Gasteiger partial charge in [-0.1, -0.05) is 23.2 Å². The Bertz CT molecular complexity index is 741. The van der Waals surface area contributed by atoms with Gasteiger partial charge in [-0.05, 0) is 38.1 Å². The number of likely N-dealkylation sites (tertiary alicyclic amines) is 1. The van der Waals surface area contributed by atoms with Crippen molar-refractivity contribution in [3.05, 3.63) is 39.3 Å². The van der Waals surface area contributed by atoms with Gasteiger partial charge in [-0.25, -0.2) is 4.98 Å². The lowest BCUT2D eigenvalue weighted by atomic mass is 10.2. The Morgan fingerprint density at radius 2 is 2.15 bits per heavy atom. The number of aromatic nitrogens is 1. The molecule has 9 heteroatoms. The molecule has 1 aromatic carbocycles. The summed E-state index contributed by atoms with van der Waals surface area (Å²) in [7, 11) is 1.92. The minimum Gasteiger partial charge on any atom is -0.338 e. The number of hydrogen-bond donors (Lipinski definition) is 1. The van der Waals surface area contributed by atoms with Crippen molar-refractivity contribution in [1.82, 2.24) is 15.2 Å². The van der Waals surface area contributed by atoms with E-state index >= 15 is 0 Å². The van der Waals surface area contributed by atoms with E-state index in [4.69, 9.17) is 23.2 Å². The van der Waals surface area contributed by atoms with Gasteiger partial charge in [-0.2, -0.15) is 0 Å². The molecule has 2 aromatic rings. The van der Waals surface area contributed by atoms with E-state index in [1.165, 1.54) is 11.3 Å². The third kappa shape index (κ3) is 5.47. The molecular weight excluding hydrogens is 436 g/mol. The van der Waals surface area contributed by atoms with Crippen LogP contribution in [-0.4, -0.2) is 42.0 Å². The summed E-state index contributed by atoms with van der Waals surface area (Å²) in [6.07, 6.45) is 2.47. The quantitative estimate of drug-likeness (QED) is 0.708. The number of nitrogens with one attached hydrogen (secondary N) is 1. The lowest BCUT2D eigenvalue weighted by Gasteiger charge is -2.24. The van der Waals surface area contributed by atoms with Crippen molar-refractivity contribution in [2.24, 2.45) is 0 Å². The number of rotatable bonds is 5. The van der Waals surface area contributed by atoms with Crippen LogP contribution >= 0.6 is 59.4 Å². The molecule has 1 fully saturated rings. The van der Waals surface area contributed by atoms with Gasteiger partial charge in [0.1, 0.15) is 5.01 Å². The van der Waals surface area contributed by atoms with E-state index in [0.29, 0.717) is 22.5 Å². The highest BCUT2D eigenvalue weighted by molar-refractivity contribution is 7.13. The fourth-order valence-corrected chi connectivity index (χ4v) is 4.46. The molecule has 1 unspecified atom stereocenters. The topological polar surface area (TPSA) is 45.2 Å². The standard InChI is InChI=1S/C17H19Cl2N3OS.2ClH/c1-20-9-13-3-2-6-22(13)16(23)8-12-10-24-17(21-12)14-5-4-11(18)7-15(14)19;;/h4-5,7,10,13,20H,2-3,6,8-9H2,1H3;2*1H. The van der Waals surface area contributed by atoms with Crippen molar-refractivity contribution < 1.29 is 4.79 Å². The molecule has 1 N–H and O–H groups in total. The first kappa shape index (κ1) is 23.5. The molecule has 0 bridgehead atoms. The third-order valence-electron chi connectivity index (χ3n) is 4.18. The number of amides is 1. The maximum Gasteiger partial charge on any atom is 0.228 e. The number of hydrogen-bond acceptors (Lipinski definition) is 4. The number of nitrogens with zero attached hydrogens (tertiary/aromatic N) is 2. The summed E-state index contributed by atoms with van der Waals surface area (Å²) in [5, 5.41) is 7.08. The second kappa shape index (κ2) is 10.7. The second-order valence-electron chi connectivity index (χ2n) is 5.89. The summed E-state index contributed by atoms with van der Waals surface area (Å²) < 4.78 is 0. The molecular formula is C17H21Cl4N3OS. The second-order valence-corrected chi connectivity index (χ2v) is 7.59. The number of likely N-dealkylation sites (N-methyl/N-ethyl adjacent to an activating group) is 1. The largest absolute Gasteiger partial charge is 0.338 e. The molecule has 4 nitrogen and oxygen atoms in total. The van der Waals surface area contributed by atoms with Crippen LogP contribution in [0.15, 0.2) is 23.6 Å². The molecule has 0 spiro atoms. The van der Waals surface area contributed by atoms with Crippen molar-refractivity contribution in [3.8, 4) is 10.6 Å². The molecule has 2 heterocycles. The maximum atomic E-state index is 12.6. The van der Waals surface area contributed by atoms with Crippen LogP contribution in [0.4, 0.5) is 0 Å². The highest BCUT2D eigenvalue weighted by atomic mass is 35.5. The van der Waals surface area contributed by atoms with Gasteiger partial charge in [0.2, 0.25) is 5.91 Å². The van der Waals surface area contributed by atoms with Crippen LogP contribution in [0.3, 0.4) is 0 Å². The van der Waals surface area contributed by atoms with Crippen LogP contribution in [0.25, 0.3) is 10.6 Å². The van der Waals surface area contributed by atoms with Gasteiger partial charge < -0.3 is 10.2 Å². The molecule has 26 heavy (non-hydrogen) atoms. The van der Waals surface area contributed by atoms with E-state index in [9.17, 15) is 4.79 Å². The van der Waals surface area contributed by atoms with Crippen LogP contribution in [0, 0.1) is 0 Å². The normalized spacial score (nSPS) is 16.1. The predicted octanol–water partition coefficient (Wildman–Crippen LogP) is 4.71. The summed E-state index contributed by atoms with van der Waals surface area (Å²) in [6.45, 7) is 1.68. The van der Waals surface area contributed by atoms with Crippen LogP contribution in [0.5, 0.6) is 0 Å². The van der Waals surface area contributed by atoms with Crippen molar-refractivity contribution in [3.63, 3.8) is 0 Å². The summed E-state index contributed by atoms with van der Waals surface area (Å²) in [5.41, 5.74) is 1.64. The smallest absolute Gasteiger partial charge is 0.228 e. The van der Waals surface area contributed by atoms with E-state index in [-0.39, 0.29) is 30.7 Å².